The summed E-state index contributed by atoms with van der Waals surface area (Å²) in [5, 5.41) is 9.44. The van der Waals surface area contributed by atoms with Crippen molar-refractivity contribution in [1.29, 1.82) is 0 Å². The van der Waals surface area contributed by atoms with Crippen LogP contribution in [0.1, 0.15) is 28.7 Å². The van der Waals surface area contributed by atoms with E-state index in [0.717, 1.165) is 30.4 Å². The molecule has 0 unspecified atom stereocenters. The van der Waals surface area contributed by atoms with Crippen LogP contribution in [0.3, 0.4) is 0 Å². The van der Waals surface area contributed by atoms with Gasteiger partial charge in [0.2, 0.25) is 0 Å². The maximum atomic E-state index is 13.4. The molecule has 1 atom stereocenters. The average Bonchev–Trinajstić information content (AvgIpc) is 2.89. The first-order chi connectivity index (χ1) is 10.6. The van der Waals surface area contributed by atoms with Crippen LogP contribution in [-0.2, 0) is 6.42 Å². The number of phenols is 1. The second-order valence-electron chi connectivity index (χ2n) is 5.62. The van der Waals surface area contributed by atoms with Gasteiger partial charge in [0, 0.05) is 5.56 Å². The molecule has 0 saturated carbocycles. The lowest BCUT2D eigenvalue weighted by Crippen LogP contribution is -2.45. The van der Waals surface area contributed by atoms with Crippen molar-refractivity contribution < 1.29 is 27.5 Å². The van der Waals surface area contributed by atoms with Gasteiger partial charge in [-0.2, -0.15) is 13.2 Å². The molecule has 0 aliphatic heterocycles. The van der Waals surface area contributed by atoms with Gasteiger partial charge in [0.05, 0.1) is 10.6 Å². The Balaban J connectivity index is 2.04. The fourth-order valence-electron chi connectivity index (χ4n) is 2.46. The highest BCUT2D eigenvalue weighted by Gasteiger charge is 2.58. The molecule has 1 aromatic carbocycles. The van der Waals surface area contributed by atoms with Gasteiger partial charge in [-0.25, -0.2) is 9.37 Å². The number of ketones is 1. The summed E-state index contributed by atoms with van der Waals surface area (Å²) in [4.78, 5) is 16.4. The van der Waals surface area contributed by atoms with Gasteiger partial charge in [-0.3, -0.25) is 4.79 Å². The van der Waals surface area contributed by atoms with Gasteiger partial charge in [-0.15, -0.1) is 11.3 Å². The Morgan fingerprint density at radius 1 is 1.35 bits per heavy atom. The lowest BCUT2D eigenvalue weighted by molar-refractivity contribution is -0.200. The van der Waals surface area contributed by atoms with E-state index in [-0.39, 0.29) is 22.7 Å². The summed E-state index contributed by atoms with van der Waals surface area (Å²) < 4.78 is 53.0. The third kappa shape index (κ3) is 2.41. The molecule has 0 spiro atoms. The Kier molecular flexibility index (Phi) is 3.47. The summed E-state index contributed by atoms with van der Waals surface area (Å²) in [6.45, 7) is 0.901. The van der Waals surface area contributed by atoms with Crippen molar-refractivity contribution in [3.05, 3.63) is 34.6 Å². The largest absolute Gasteiger partial charge is 0.505 e. The van der Waals surface area contributed by atoms with Crippen LogP contribution in [0.4, 0.5) is 17.6 Å². The minimum absolute atomic E-state index is 0.0282. The number of phenolic OH excluding ortho intramolecular Hbond substituents is 1. The van der Waals surface area contributed by atoms with Crippen molar-refractivity contribution in [2.45, 2.75) is 25.9 Å². The zero-order valence-corrected chi connectivity index (χ0v) is 12.7. The summed E-state index contributed by atoms with van der Waals surface area (Å²) in [6, 6.07) is 3.57. The highest BCUT2D eigenvalue weighted by molar-refractivity contribution is 7.17. The second-order valence-corrected chi connectivity index (χ2v) is 6.62. The van der Waals surface area contributed by atoms with Crippen molar-refractivity contribution >= 4 is 17.1 Å². The molecular weight excluding hydrogens is 334 g/mol. The first-order valence-corrected chi connectivity index (χ1v) is 7.55. The van der Waals surface area contributed by atoms with Crippen LogP contribution in [0.2, 0.25) is 0 Å². The molecule has 8 heteroatoms. The Morgan fingerprint density at radius 2 is 2.04 bits per heavy atom. The summed E-state index contributed by atoms with van der Waals surface area (Å²) in [5.74, 6) is -2.38. The molecule has 3 nitrogen and oxygen atoms in total. The number of Topliss-reactive ketones (excluding diaryl/α,β-unsaturated/α-hetero) is 1. The number of hydrogen-bond acceptors (Lipinski definition) is 4. The molecule has 23 heavy (non-hydrogen) atoms. The van der Waals surface area contributed by atoms with Crippen molar-refractivity contribution in [3.8, 4) is 16.3 Å². The quantitative estimate of drug-likeness (QED) is 0.782. The smallest absolute Gasteiger partial charge is 0.401 e. The monoisotopic (exact) mass is 345 g/mol. The molecule has 122 valence electrons. The number of alkyl halides is 3. The first-order valence-electron chi connectivity index (χ1n) is 6.73. The lowest BCUT2D eigenvalue weighted by atomic mass is 9.75. The zero-order valence-electron chi connectivity index (χ0n) is 11.9. The maximum absolute atomic E-state index is 13.4. The van der Waals surface area contributed by atoms with Gasteiger partial charge in [0.25, 0.3) is 0 Å². The number of fused-ring (bicyclic) bond motifs is 1. The van der Waals surface area contributed by atoms with E-state index < -0.39 is 28.9 Å². The Bertz CT molecular complexity index is 799. The Hall–Kier alpha value is -1.96. The summed E-state index contributed by atoms with van der Waals surface area (Å²) in [6.07, 6.45) is -4.94. The average molecular weight is 345 g/mol. The number of nitrogens with zero attached hydrogens (tertiary/aromatic N) is 1. The van der Waals surface area contributed by atoms with Gasteiger partial charge in [-0.05, 0) is 38.0 Å². The van der Waals surface area contributed by atoms with Gasteiger partial charge in [-0.1, -0.05) is 0 Å². The molecule has 1 aliphatic rings. The molecule has 0 saturated heterocycles. The van der Waals surface area contributed by atoms with E-state index in [4.69, 9.17) is 0 Å². The van der Waals surface area contributed by atoms with E-state index in [2.05, 4.69) is 4.98 Å². The van der Waals surface area contributed by atoms with E-state index in [0.29, 0.717) is 11.3 Å². The number of benzene rings is 1. The van der Waals surface area contributed by atoms with Crippen LogP contribution >= 0.6 is 11.3 Å². The number of carbonyl (C=O) groups excluding carboxylic acids is 1. The summed E-state index contributed by atoms with van der Waals surface area (Å²) >= 11 is 0.821. The fraction of sp³-hybridized carbons (Fsp3) is 0.333. The summed E-state index contributed by atoms with van der Waals surface area (Å²) in [5.41, 5.74) is -1.80. The molecular formula is C15H11F4NO2S. The van der Waals surface area contributed by atoms with Crippen molar-refractivity contribution in [2.75, 3.05) is 0 Å². The van der Waals surface area contributed by atoms with Crippen LogP contribution in [-0.4, -0.2) is 22.1 Å². The number of rotatable bonds is 1. The third-order valence-electron chi connectivity index (χ3n) is 4.09. The number of thiazole rings is 1. The van der Waals surface area contributed by atoms with E-state index in [1.807, 2.05) is 0 Å². The standard InChI is InChI=1S/C15H11F4NO2S/c1-14(15(17,18)19)5-4-9-11(12(14)22)23-13(20-9)7-2-3-10(21)8(16)6-7/h2-3,6,21H,4-5H2,1H3/t14-/m0/s1. The number of aromatic hydroxyl groups is 1. The van der Waals surface area contributed by atoms with Crippen LogP contribution in [0.15, 0.2) is 18.2 Å². The number of carbonyl (C=O) groups is 1. The molecule has 0 amide bonds. The SMILES string of the molecule is C[C@]1(C(F)(F)F)CCc2nc(-c3ccc(O)c(F)c3)sc2C1=O. The van der Waals surface area contributed by atoms with Gasteiger partial charge >= 0.3 is 6.18 Å². The molecule has 1 aliphatic carbocycles. The van der Waals surface area contributed by atoms with Crippen molar-refractivity contribution in [3.63, 3.8) is 0 Å². The molecule has 0 fully saturated rings. The predicted molar refractivity (Wildman–Crippen MR) is 76.0 cm³/mol. The first kappa shape index (κ1) is 15.9. The van der Waals surface area contributed by atoms with Crippen LogP contribution in [0.25, 0.3) is 10.6 Å². The van der Waals surface area contributed by atoms with Crippen LogP contribution in [0.5, 0.6) is 5.75 Å². The highest BCUT2D eigenvalue weighted by Crippen LogP contribution is 2.49. The third-order valence-corrected chi connectivity index (χ3v) is 5.23. The molecule has 1 N–H and O–H groups in total. The lowest BCUT2D eigenvalue weighted by Gasteiger charge is -2.32. The fourth-order valence-corrected chi connectivity index (χ4v) is 3.64. The van der Waals surface area contributed by atoms with E-state index in [1.54, 1.807) is 0 Å². The molecule has 0 radical (unpaired) electrons. The number of aryl methyl sites for hydroxylation is 1. The molecule has 3 rings (SSSR count). The number of halogens is 4. The number of aromatic nitrogens is 1. The zero-order chi connectivity index (χ0) is 17.0. The van der Waals surface area contributed by atoms with Crippen LogP contribution in [0, 0.1) is 11.2 Å². The molecule has 1 aromatic heterocycles. The summed E-state index contributed by atoms with van der Waals surface area (Å²) in [7, 11) is 0. The predicted octanol–water partition coefficient (Wildman–Crippen LogP) is 4.35. The normalized spacial score (nSPS) is 21.3. The maximum Gasteiger partial charge on any atom is 0.401 e. The molecule has 2 aromatic rings. The Labute approximate surface area is 132 Å². The number of hydrogen-bond donors (Lipinski definition) is 1. The molecule has 0 bridgehead atoms. The van der Waals surface area contributed by atoms with Gasteiger partial charge < -0.3 is 5.11 Å². The van der Waals surface area contributed by atoms with Gasteiger partial charge in [0.15, 0.2) is 17.3 Å². The highest BCUT2D eigenvalue weighted by atomic mass is 32.1. The minimum Gasteiger partial charge on any atom is -0.505 e. The molecule has 1 heterocycles. The van der Waals surface area contributed by atoms with Crippen molar-refractivity contribution in [1.82, 2.24) is 4.98 Å². The topological polar surface area (TPSA) is 50.2 Å². The minimum atomic E-state index is -4.63. The Morgan fingerprint density at radius 3 is 2.65 bits per heavy atom. The van der Waals surface area contributed by atoms with Crippen molar-refractivity contribution in [2.24, 2.45) is 5.41 Å². The van der Waals surface area contributed by atoms with E-state index in [9.17, 15) is 27.5 Å². The van der Waals surface area contributed by atoms with Gasteiger partial charge in [0.1, 0.15) is 10.4 Å². The van der Waals surface area contributed by atoms with E-state index in [1.165, 1.54) is 6.07 Å². The van der Waals surface area contributed by atoms with Crippen LogP contribution < -0.4 is 0 Å². The second kappa shape index (κ2) is 5.02. The van der Waals surface area contributed by atoms with E-state index >= 15 is 0 Å².